The van der Waals surface area contributed by atoms with E-state index in [1.165, 1.54) is 0 Å². The molecule has 1 fully saturated rings. The smallest absolute Gasteiger partial charge is 0.335 e. The van der Waals surface area contributed by atoms with Crippen molar-refractivity contribution in [2.45, 2.75) is 103 Å². The molecular weight excluding hydrogens is 494 g/mol. The molecule has 13 heteroatoms. The van der Waals surface area contributed by atoms with E-state index in [4.69, 9.17) is 14.2 Å². The lowest BCUT2D eigenvalue weighted by Crippen LogP contribution is -2.63. The van der Waals surface area contributed by atoms with E-state index in [1.807, 2.05) is 0 Å². The Hall–Kier alpha value is -1.42. The third-order valence-electron chi connectivity index (χ3n) is 6.47. The molecule has 1 rings (SSSR count). The van der Waals surface area contributed by atoms with Crippen LogP contribution in [-0.2, 0) is 23.8 Å². The van der Waals surface area contributed by atoms with Crippen LogP contribution in [0.2, 0.25) is 0 Å². The number of hydrogen-bond donors (Lipinski definition) is 8. The number of methoxy groups -OCH3 is 1. The highest BCUT2D eigenvalue weighted by Crippen LogP contribution is 2.35. The minimum atomic E-state index is -2.38. The second kappa shape index (κ2) is 13.6. The molecule has 0 aromatic carbocycles. The summed E-state index contributed by atoms with van der Waals surface area (Å²) < 4.78 is 15.3. The zero-order valence-corrected chi connectivity index (χ0v) is 22.6. The van der Waals surface area contributed by atoms with Crippen LogP contribution in [0.4, 0.5) is 0 Å². The second-order valence-corrected chi connectivity index (χ2v) is 11.9. The Labute approximate surface area is 217 Å². The lowest BCUT2D eigenvalue weighted by Gasteiger charge is -2.42. The molecule has 0 amide bonds. The van der Waals surface area contributed by atoms with Gasteiger partial charge in [-0.1, -0.05) is 41.5 Å². The molecule has 8 N–H and O–H groups in total. The Morgan fingerprint density at radius 2 is 1.54 bits per heavy atom. The first-order valence-corrected chi connectivity index (χ1v) is 12.2. The first-order valence-electron chi connectivity index (χ1n) is 12.2. The summed E-state index contributed by atoms with van der Waals surface area (Å²) in [5.41, 5.74) is -0.0195. The van der Waals surface area contributed by atoms with Crippen molar-refractivity contribution in [2.75, 3.05) is 20.2 Å². The van der Waals surface area contributed by atoms with E-state index in [-0.39, 0.29) is 23.3 Å². The van der Waals surface area contributed by atoms with Crippen LogP contribution in [0.5, 0.6) is 0 Å². The number of carbonyl (C=O) groups is 2. The van der Waals surface area contributed by atoms with Crippen LogP contribution in [0.15, 0.2) is 0 Å². The monoisotopic (exact) mass is 539 g/mol. The van der Waals surface area contributed by atoms with Crippen molar-refractivity contribution in [3.05, 3.63) is 0 Å². The molecule has 0 radical (unpaired) electrons. The van der Waals surface area contributed by atoms with E-state index in [0.717, 1.165) is 13.5 Å². The Morgan fingerprint density at radius 1 is 0.973 bits per heavy atom. The lowest BCUT2D eigenvalue weighted by molar-refractivity contribution is -0.321. The van der Waals surface area contributed by atoms with E-state index in [9.17, 15) is 45.3 Å². The van der Waals surface area contributed by atoms with Crippen molar-refractivity contribution < 1.29 is 59.5 Å². The molecule has 0 bridgehead atoms. The molecule has 1 aliphatic heterocycles. The zero-order chi connectivity index (χ0) is 28.9. The minimum absolute atomic E-state index is 0.0450. The summed E-state index contributed by atoms with van der Waals surface area (Å²) >= 11 is 0. The zero-order valence-electron chi connectivity index (χ0n) is 22.6. The van der Waals surface area contributed by atoms with Crippen LogP contribution in [0.25, 0.3) is 0 Å². The van der Waals surface area contributed by atoms with E-state index in [2.05, 4.69) is 46.9 Å². The predicted octanol–water partition coefficient (Wildman–Crippen LogP) is -1.23. The summed E-state index contributed by atoms with van der Waals surface area (Å²) in [6.07, 6.45) is -16.2. The normalized spacial score (nSPS) is 29.2. The number of carboxylic acid groups (broad SMARTS) is 2. The third kappa shape index (κ3) is 9.68. The summed E-state index contributed by atoms with van der Waals surface area (Å²) in [4.78, 5) is 23.0. The van der Waals surface area contributed by atoms with Crippen molar-refractivity contribution in [3.8, 4) is 0 Å². The molecule has 0 aromatic rings. The van der Waals surface area contributed by atoms with E-state index >= 15 is 0 Å². The maximum Gasteiger partial charge on any atom is 0.335 e. The average molecular weight is 540 g/mol. The molecule has 0 aliphatic carbocycles. The standard InChI is InChI=1S/C24H45NO12/c1-23(2,3)8-11(24(4,5)6)9-25-10-12(26)13(27)17(16(30)20(31)32)36-22-15(29)14(28)18(35-7)19(37-22)21(33)34/h11-19,22,25-30H,8-10H2,1-7H3,(H,31,32)(H,33,34). The molecule has 10 unspecified atom stereocenters. The van der Waals surface area contributed by atoms with Gasteiger partial charge in [0, 0.05) is 13.7 Å². The van der Waals surface area contributed by atoms with Crippen LogP contribution in [-0.4, -0.2) is 123 Å². The van der Waals surface area contributed by atoms with Crippen molar-refractivity contribution in [3.63, 3.8) is 0 Å². The fraction of sp³-hybridized carbons (Fsp3) is 0.917. The number of nitrogens with one attached hydrogen (secondary N) is 1. The molecular formula is C24H45NO12. The van der Waals surface area contributed by atoms with E-state index in [0.29, 0.717) is 6.54 Å². The fourth-order valence-electron chi connectivity index (χ4n) is 4.22. The first-order chi connectivity index (χ1) is 16.8. The topological polar surface area (TPSA) is 215 Å². The first kappa shape index (κ1) is 33.6. The highest BCUT2D eigenvalue weighted by molar-refractivity contribution is 5.73. The molecule has 1 heterocycles. The van der Waals surface area contributed by atoms with Gasteiger partial charge >= 0.3 is 11.9 Å². The minimum Gasteiger partial charge on any atom is -0.479 e. The van der Waals surface area contributed by atoms with Crippen LogP contribution < -0.4 is 5.32 Å². The molecule has 1 aliphatic rings. The van der Waals surface area contributed by atoms with E-state index in [1.54, 1.807) is 0 Å². The summed E-state index contributed by atoms with van der Waals surface area (Å²) in [6, 6.07) is 0. The summed E-state index contributed by atoms with van der Waals surface area (Å²) in [7, 11) is 1.09. The number of aliphatic hydroxyl groups is 5. The lowest BCUT2D eigenvalue weighted by atomic mass is 9.72. The molecule has 37 heavy (non-hydrogen) atoms. The molecule has 0 saturated carbocycles. The van der Waals surface area contributed by atoms with Gasteiger partial charge in [-0.3, -0.25) is 0 Å². The van der Waals surface area contributed by atoms with Gasteiger partial charge in [-0.25, -0.2) is 9.59 Å². The summed E-state index contributed by atoms with van der Waals surface area (Å²) in [5.74, 6) is -3.17. The largest absolute Gasteiger partial charge is 0.479 e. The van der Waals surface area contributed by atoms with Gasteiger partial charge in [0.25, 0.3) is 0 Å². The van der Waals surface area contributed by atoms with Crippen molar-refractivity contribution in [2.24, 2.45) is 16.7 Å². The third-order valence-corrected chi connectivity index (χ3v) is 6.47. The van der Waals surface area contributed by atoms with Crippen LogP contribution in [0.1, 0.15) is 48.0 Å². The van der Waals surface area contributed by atoms with Gasteiger partial charge in [-0.2, -0.15) is 0 Å². The maximum atomic E-state index is 11.5. The highest BCUT2D eigenvalue weighted by Gasteiger charge is 2.51. The quantitative estimate of drug-likeness (QED) is 0.138. The van der Waals surface area contributed by atoms with Gasteiger partial charge < -0.3 is 55.3 Å². The Bertz CT molecular complexity index is 736. The molecule has 1 saturated heterocycles. The number of rotatable bonds is 13. The Balaban J connectivity index is 2.99. The number of aliphatic hydroxyl groups excluding tert-OH is 5. The molecule has 10 atom stereocenters. The Morgan fingerprint density at radius 3 is 1.97 bits per heavy atom. The fourth-order valence-corrected chi connectivity index (χ4v) is 4.22. The van der Waals surface area contributed by atoms with E-state index < -0.39 is 67.1 Å². The van der Waals surface area contributed by atoms with Crippen molar-refractivity contribution >= 4 is 11.9 Å². The van der Waals surface area contributed by atoms with Gasteiger partial charge in [0.1, 0.15) is 30.5 Å². The second-order valence-electron chi connectivity index (χ2n) is 11.9. The summed E-state index contributed by atoms with van der Waals surface area (Å²) in [6.45, 7) is 12.9. The number of aliphatic carboxylic acids is 2. The molecule has 218 valence electrons. The number of hydrogen-bond acceptors (Lipinski definition) is 11. The molecule has 13 nitrogen and oxygen atoms in total. The van der Waals surface area contributed by atoms with Gasteiger partial charge in [0.05, 0.1) is 6.10 Å². The van der Waals surface area contributed by atoms with Gasteiger partial charge in [0.15, 0.2) is 18.5 Å². The summed E-state index contributed by atoms with van der Waals surface area (Å²) in [5, 5.41) is 73.7. The molecule has 0 spiro atoms. The average Bonchev–Trinajstić information content (AvgIpc) is 2.76. The van der Waals surface area contributed by atoms with Gasteiger partial charge in [0.2, 0.25) is 0 Å². The maximum absolute atomic E-state index is 11.5. The van der Waals surface area contributed by atoms with Crippen molar-refractivity contribution in [1.29, 1.82) is 0 Å². The van der Waals surface area contributed by atoms with Gasteiger partial charge in [-0.05, 0) is 29.7 Å². The SMILES string of the molecule is COC1C(C(=O)O)OC(OC(C(O)C(=O)O)C(O)C(O)CNCC(CC(C)(C)C)C(C)(C)C)C(O)C1O. The van der Waals surface area contributed by atoms with Crippen LogP contribution >= 0.6 is 0 Å². The molecule has 0 aromatic heterocycles. The highest BCUT2D eigenvalue weighted by atomic mass is 16.7. The number of carboxylic acids is 2. The predicted molar refractivity (Wildman–Crippen MR) is 130 cm³/mol. The Kier molecular flexibility index (Phi) is 12.3. The van der Waals surface area contributed by atoms with Gasteiger partial charge in [-0.15, -0.1) is 0 Å². The van der Waals surface area contributed by atoms with Crippen molar-refractivity contribution in [1.82, 2.24) is 5.32 Å². The number of ether oxygens (including phenoxy) is 3. The van der Waals surface area contributed by atoms with Crippen LogP contribution in [0.3, 0.4) is 0 Å². The van der Waals surface area contributed by atoms with Crippen LogP contribution in [0, 0.1) is 16.7 Å².